The van der Waals surface area contributed by atoms with Crippen molar-refractivity contribution >= 4 is 11.8 Å². The van der Waals surface area contributed by atoms with Gasteiger partial charge in [0.25, 0.3) is 11.8 Å². The van der Waals surface area contributed by atoms with Crippen LogP contribution in [0, 0.1) is 11.6 Å². The number of hydrogen-bond donors (Lipinski definition) is 0. The molecule has 0 bridgehead atoms. The van der Waals surface area contributed by atoms with Crippen LogP contribution in [0.5, 0.6) is 0 Å². The zero-order chi connectivity index (χ0) is 19.5. The number of hydrazine groups is 1. The van der Waals surface area contributed by atoms with Crippen molar-refractivity contribution in [2.24, 2.45) is 0 Å². The van der Waals surface area contributed by atoms with Crippen LogP contribution >= 0.6 is 0 Å². The van der Waals surface area contributed by atoms with Crippen molar-refractivity contribution in [2.75, 3.05) is 6.54 Å². The SMILES string of the molecule is CCN(C(=O)c1cccc(F)c1)N(C(=O)c1cccc(F)c1)C(C)(C)C. The Morgan fingerprint density at radius 1 is 0.885 bits per heavy atom. The van der Waals surface area contributed by atoms with Crippen LogP contribution in [0.4, 0.5) is 8.78 Å². The van der Waals surface area contributed by atoms with Crippen LogP contribution in [0.25, 0.3) is 0 Å². The summed E-state index contributed by atoms with van der Waals surface area (Å²) in [4.78, 5) is 25.9. The van der Waals surface area contributed by atoms with Crippen molar-refractivity contribution in [3.05, 3.63) is 71.3 Å². The van der Waals surface area contributed by atoms with E-state index in [1.807, 2.05) is 0 Å². The van der Waals surface area contributed by atoms with Gasteiger partial charge < -0.3 is 0 Å². The molecule has 0 saturated carbocycles. The number of amides is 2. The van der Waals surface area contributed by atoms with Crippen molar-refractivity contribution in [1.29, 1.82) is 0 Å². The van der Waals surface area contributed by atoms with E-state index < -0.39 is 29.0 Å². The van der Waals surface area contributed by atoms with Crippen molar-refractivity contribution in [2.45, 2.75) is 33.2 Å². The Hall–Kier alpha value is -2.76. The molecule has 138 valence electrons. The second-order valence-electron chi connectivity index (χ2n) is 6.83. The van der Waals surface area contributed by atoms with Gasteiger partial charge in [-0.3, -0.25) is 9.59 Å². The Balaban J connectivity index is 2.47. The summed E-state index contributed by atoms with van der Waals surface area (Å²) in [5.74, 6) is -2.09. The van der Waals surface area contributed by atoms with Gasteiger partial charge in [-0.2, -0.15) is 0 Å². The van der Waals surface area contributed by atoms with Gasteiger partial charge in [-0.25, -0.2) is 18.8 Å². The minimum Gasteiger partial charge on any atom is -0.267 e. The average Bonchev–Trinajstić information content (AvgIpc) is 2.57. The third-order valence-corrected chi connectivity index (χ3v) is 3.75. The number of carbonyl (C=O) groups is 2. The molecule has 0 N–H and O–H groups in total. The molecular weight excluding hydrogens is 338 g/mol. The third-order valence-electron chi connectivity index (χ3n) is 3.75. The van der Waals surface area contributed by atoms with Gasteiger partial charge in [0.2, 0.25) is 0 Å². The molecule has 0 heterocycles. The minimum absolute atomic E-state index is 0.130. The first-order valence-corrected chi connectivity index (χ1v) is 8.32. The smallest absolute Gasteiger partial charge is 0.267 e. The van der Waals surface area contributed by atoms with Gasteiger partial charge in [0, 0.05) is 17.7 Å². The number of halogens is 2. The topological polar surface area (TPSA) is 40.6 Å². The highest BCUT2D eigenvalue weighted by Gasteiger charge is 2.35. The molecule has 0 aromatic heterocycles. The predicted molar refractivity (Wildman–Crippen MR) is 95.4 cm³/mol. The lowest BCUT2D eigenvalue weighted by molar-refractivity contribution is -0.0411. The quantitative estimate of drug-likeness (QED) is 0.767. The molecule has 0 saturated heterocycles. The Morgan fingerprint density at radius 3 is 1.73 bits per heavy atom. The zero-order valence-corrected chi connectivity index (χ0v) is 15.3. The molecule has 0 radical (unpaired) electrons. The second kappa shape index (κ2) is 7.64. The summed E-state index contributed by atoms with van der Waals surface area (Å²) in [6.45, 7) is 7.21. The number of nitrogens with zero attached hydrogens (tertiary/aromatic N) is 2. The highest BCUT2D eigenvalue weighted by molar-refractivity contribution is 5.99. The molecule has 4 nitrogen and oxygen atoms in total. The van der Waals surface area contributed by atoms with Gasteiger partial charge in [-0.1, -0.05) is 12.1 Å². The summed E-state index contributed by atoms with van der Waals surface area (Å²) in [7, 11) is 0. The highest BCUT2D eigenvalue weighted by atomic mass is 19.1. The highest BCUT2D eigenvalue weighted by Crippen LogP contribution is 2.22. The number of hydrogen-bond acceptors (Lipinski definition) is 2. The van der Waals surface area contributed by atoms with E-state index in [0.717, 1.165) is 12.1 Å². The molecule has 0 unspecified atom stereocenters. The number of benzene rings is 2. The molecule has 0 aliphatic rings. The minimum atomic E-state index is -0.762. The van der Waals surface area contributed by atoms with Gasteiger partial charge in [0.05, 0.1) is 5.54 Å². The van der Waals surface area contributed by atoms with E-state index in [1.54, 1.807) is 27.7 Å². The maximum Gasteiger partial charge on any atom is 0.273 e. The van der Waals surface area contributed by atoms with Crippen LogP contribution in [0.1, 0.15) is 48.4 Å². The first-order valence-electron chi connectivity index (χ1n) is 8.32. The first kappa shape index (κ1) is 19.6. The van der Waals surface area contributed by atoms with E-state index >= 15 is 0 Å². The normalized spacial score (nSPS) is 11.2. The molecular formula is C20H22F2N2O2. The summed E-state index contributed by atoms with van der Waals surface area (Å²) >= 11 is 0. The van der Waals surface area contributed by atoms with Gasteiger partial charge in [-0.05, 0) is 64.1 Å². The van der Waals surface area contributed by atoms with E-state index in [4.69, 9.17) is 0 Å². The Morgan fingerprint density at radius 2 is 1.35 bits per heavy atom. The van der Waals surface area contributed by atoms with Crippen molar-refractivity contribution in [1.82, 2.24) is 10.0 Å². The molecule has 0 atom stereocenters. The lowest BCUT2D eigenvalue weighted by Gasteiger charge is -2.43. The van der Waals surface area contributed by atoms with Crippen molar-refractivity contribution in [3.8, 4) is 0 Å². The summed E-state index contributed by atoms with van der Waals surface area (Å²) in [5, 5.41) is 2.54. The van der Waals surface area contributed by atoms with E-state index in [1.165, 1.54) is 46.4 Å². The monoisotopic (exact) mass is 360 g/mol. The summed E-state index contributed by atoms with van der Waals surface area (Å²) in [6, 6.07) is 10.6. The van der Waals surface area contributed by atoms with E-state index in [-0.39, 0.29) is 17.7 Å². The van der Waals surface area contributed by atoms with Crippen LogP contribution in [0.3, 0.4) is 0 Å². The van der Waals surface area contributed by atoms with E-state index in [2.05, 4.69) is 0 Å². The van der Waals surface area contributed by atoms with E-state index in [9.17, 15) is 18.4 Å². The molecule has 2 aromatic carbocycles. The lowest BCUT2D eigenvalue weighted by Crippen LogP contribution is -2.58. The molecule has 2 rings (SSSR count). The summed E-state index contributed by atoms with van der Waals surface area (Å²) in [6.07, 6.45) is 0. The third kappa shape index (κ3) is 4.25. The van der Waals surface area contributed by atoms with Gasteiger partial charge in [0.1, 0.15) is 11.6 Å². The maximum atomic E-state index is 13.5. The molecule has 6 heteroatoms. The molecule has 2 amide bonds. The van der Waals surface area contributed by atoms with Crippen LogP contribution < -0.4 is 0 Å². The fourth-order valence-corrected chi connectivity index (χ4v) is 2.67. The van der Waals surface area contributed by atoms with Gasteiger partial charge >= 0.3 is 0 Å². The molecule has 0 spiro atoms. The zero-order valence-electron chi connectivity index (χ0n) is 15.3. The Bertz CT molecular complexity index is 815. The lowest BCUT2D eigenvalue weighted by atomic mass is 10.1. The Labute approximate surface area is 152 Å². The Kier molecular flexibility index (Phi) is 5.75. The van der Waals surface area contributed by atoms with E-state index in [0.29, 0.717) is 0 Å². The number of rotatable bonds is 3. The fourth-order valence-electron chi connectivity index (χ4n) is 2.67. The molecule has 0 aliphatic heterocycles. The largest absolute Gasteiger partial charge is 0.273 e. The molecule has 0 fully saturated rings. The average molecular weight is 360 g/mol. The summed E-state index contributed by atoms with van der Waals surface area (Å²) < 4.78 is 27.1. The predicted octanol–water partition coefficient (Wildman–Crippen LogP) is 4.28. The van der Waals surface area contributed by atoms with Crippen LogP contribution in [-0.4, -0.2) is 33.9 Å². The maximum absolute atomic E-state index is 13.5. The fraction of sp³-hybridized carbons (Fsp3) is 0.300. The van der Waals surface area contributed by atoms with Crippen LogP contribution in [0.2, 0.25) is 0 Å². The van der Waals surface area contributed by atoms with Gasteiger partial charge in [-0.15, -0.1) is 0 Å². The van der Waals surface area contributed by atoms with Crippen molar-refractivity contribution < 1.29 is 18.4 Å². The van der Waals surface area contributed by atoms with Crippen LogP contribution in [0.15, 0.2) is 48.5 Å². The van der Waals surface area contributed by atoms with Crippen molar-refractivity contribution in [3.63, 3.8) is 0 Å². The first-order chi connectivity index (χ1) is 12.1. The second-order valence-corrected chi connectivity index (χ2v) is 6.83. The van der Waals surface area contributed by atoms with Crippen LogP contribution in [-0.2, 0) is 0 Å². The standard InChI is InChI=1S/C20H22F2N2O2/c1-5-23(18(25)14-8-6-10-16(21)12-14)24(20(2,3)4)19(26)15-9-7-11-17(22)13-15/h6-13H,5H2,1-4H3. The molecule has 26 heavy (non-hydrogen) atoms. The molecule has 0 aliphatic carbocycles. The summed E-state index contributed by atoms with van der Waals surface area (Å²) in [5.41, 5.74) is -0.499. The van der Waals surface area contributed by atoms with Gasteiger partial charge in [0.15, 0.2) is 0 Å². The molecule has 2 aromatic rings. The number of carbonyl (C=O) groups excluding carboxylic acids is 2.